The number of sulfonamides is 1. The minimum Gasteiger partial charge on any atom is -0.490 e. The molecule has 1 spiro atoms. The van der Waals surface area contributed by atoms with Crippen LogP contribution < -0.4 is 14.4 Å². The van der Waals surface area contributed by atoms with Crippen LogP contribution in [0.15, 0.2) is 61.7 Å². The lowest BCUT2D eigenvalue weighted by molar-refractivity contribution is -0.0466. The van der Waals surface area contributed by atoms with Crippen molar-refractivity contribution in [3.05, 3.63) is 83.4 Å². The minimum atomic E-state index is -3.88. The van der Waals surface area contributed by atoms with E-state index in [9.17, 15) is 18.3 Å². The van der Waals surface area contributed by atoms with Crippen molar-refractivity contribution in [3.8, 4) is 5.75 Å². The minimum absolute atomic E-state index is 0.194. The molecule has 2 aromatic rings. The standard InChI is InChI=1S/C35H45ClN2O5S/c1-5-8-11-28(6-2)44(41,42)37-33(40)25-12-15-31-30(20-25)38(21-26-16-18-34(26,4)32(39)7-3)22-35(23-43-31)17-9-10-24-19-27(36)13-14-29(24)35/h5,7,12-15,19-20,26,28,32,39H,1,3,6,8-11,16-18,21-23H2,2,4H3,(H,37,40)/t26-,28+,32-,34+,35-/m0/s1. The molecule has 2 N–H and O–H groups in total. The van der Waals surface area contributed by atoms with Gasteiger partial charge >= 0.3 is 0 Å². The smallest absolute Gasteiger partial charge is 0.264 e. The van der Waals surface area contributed by atoms with E-state index < -0.39 is 27.3 Å². The van der Waals surface area contributed by atoms with E-state index >= 15 is 0 Å². The third kappa shape index (κ3) is 6.18. The molecule has 5 rings (SSSR count). The van der Waals surface area contributed by atoms with Crippen LogP contribution in [0.3, 0.4) is 0 Å². The number of nitrogens with one attached hydrogen (secondary N) is 1. The maximum Gasteiger partial charge on any atom is 0.264 e. The molecule has 238 valence electrons. The lowest BCUT2D eigenvalue weighted by Crippen LogP contribution is -2.53. The van der Waals surface area contributed by atoms with E-state index in [0.717, 1.165) is 42.8 Å². The zero-order valence-electron chi connectivity index (χ0n) is 25.9. The Morgan fingerprint density at radius 3 is 2.73 bits per heavy atom. The van der Waals surface area contributed by atoms with Gasteiger partial charge in [-0.05, 0) is 98.7 Å². The van der Waals surface area contributed by atoms with Gasteiger partial charge < -0.3 is 14.7 Å². The molecule has 1 heterocycles. The SMILES string of the molecule is C=CCC[C@@H](CC)S(=O)(=O)NC(=O)c1ccc2c(c1)N(C[C@@H]1CC[C@@]1(C)[C@@H](O)C=C)C[C@@]1(CCCc3cc(Cl)ccc31)CO2. The third-order valence-electron chi connectivity index (χ3n) is 10.4. The number of amides is 1. The van der Waals surface area contributed by atoms with Gasteiger partial charge in [-0.1, -0.05) is 43.7 Å². The van der Waals surface area contributed by atoms with Crippen LogP contribution in [0.25, 0.3) is 0 Å². The van der Waals surface area contributed by atoms with Crippen molar-refractivity contribution in [1.82, 2.24) is 4.72 Å². The first kappa shape index (κ1) is 32.6. The Bertz CT molecular complexity index is 1530. The summed E-state index contributed by atoms with van der Waals surface area (Å²) in [6.45, 7) is 13.2. The zero-order valence-corrected chi connectivity index (χ0v) is 27.4. The first-order chi connectivity index (χ1) is 21.0. The second kappa shape index (κ2) is 12.9. The molecule has 5 atom stereocenters. The van der Waals surface area contributed by atoms with Gasteiger partial charge in [-0.15, -0.1) is 13.2 Å². The van der Waals surface area contributed by atoms with E-state index in [-0.39, 0.29) is 22.3 Å². The Hall–Kier alpha value is -2.81. The first-order valence-electron chi connectivity index (χ1n) is 15.7. The summed E-state index contributed by atoms with van der Waals surface area (Å²) >= 11 is 6.40. The summed E-state index contributed by atoms with van der Waals surface area (Å²) in [5.41, 5.74) is 2.90. The average Bonchev–Trinajstić information content (AvgIpc) is 3.15. The van der Waals surface area contributed by atoms with Crippen molar-refractivity contribution >= 4 is 33.2 Å². The van der Waals surface area contributed by atoms with Gasteiger partial charge in [0.25, 0.3) is 5.91 Å². The molecule has 44 heavy (non-hydrogen) atoms. The van der Waals surface area contributed by atoms with Crippen molar-refractivity contribution in [1.29, 1.82) is 0 Å². The Kier molecular flexibility index (Phi) is 9.55. The topological polar surface area (TPSA) is 95.9 Å². The van der Waals surface area contributed by atoms with E-state index in [0.29, 0.717) is 44.7 Å². The predicted octanol–water partition coefficient (Wildman–Crippen LogP) is 6.58. The van der Waals surface area contributed by atoms with E-state index in [4.69, 9.17) is 16.3 Å². The van der Waals surface area contributed by atoms with Crippen LogP contribution in [0.5, 0.6) is 5.75 Å². The van der Waals surface area contributed by atoms with E-state index in [2.05, 4.69) is 41.8 Å². The molecule has 1 amide bonds. The highest BCUT2D eigenvalue weighted by Crippen LogP contribution is 2.52. The predicted molar refractivity (Wildman–Crippen MR) is 177 cm³/mol. The van der Waals surface area contributed by atoms with Gasteiger partial charge in [0, 0.05) is 34.5 Å². The maximum atomic E-state index is 13.4. The van der Waals surface area contributed by atoms with Gasteiger partial charge in [0.15, 0.2) is 0 Å². The molecule has 0 unspecified atom stereocenters. The van der Waals surface area contributed by atoms with E-state index in [1.54, 1.807) is 37.3 Å². The Labute approximate surface area is 267 Å². The molecule has 0 radical (unpaired) electrons. The molecular formula is C35H45ClN2O5S. The van der Waals surface area contributed by atoms with Crippen LogP contribution in [-0.4, -0.2) is 50.5 Å². The second-order valence-electron chi connectivity index (χ2n) is 13.1. The number of rotatable bonds is 11. The summed E-state index contributed by atoms with van der Waals surface area (Å²) in [6.07, 6.45) is 8.82. The molecule has 0 aromatic heterocycles. The molecular weight excluding hydrogens is 596 g/mol. The van der Waals surface area contributed by atoms with Crippen molar-refractivity contribution in [3.63, 3.8) is 0 Å². The van der Waals surface area contributed by atoms with Crippen LogP contribution in [-0.2, 0) is 21.9 Å². The van der Waals surface area contributed by atoms with Crippen LogP contribution in [0, 0.1) is 11.3 Å². The molecule has 1 fully saturated rings. The molecule has 2 aliphatic carbocycles. The van der Waals surface area contributed by atoms with Crippen molar-refractivity contribution < 1.29 is 23.1 Å². The van der Waals surface area contributed by atoms with Gasteiger partial charge in [0.1, 0.15) is 5.75 Å². The summed E-state index contributed by atoms with van der Waals surface area (Å²) < 4.78 is 35.1. The number of aliphatic hydroxyl groups is 1. The Balaban J connectivity index is 1.51. The average molecular weight is 641 g/mol. The summed E-state index contributed by atoms with van der Waals surface area (Å²) in [4.78, 5) is 15.7. The number of benzene rings is 2. The van der Waals surface area contributed by atoms with Gasteiger partial charge in [0.05, 0.1) is 23.6 Å². The second-order valence-corrected chi connectivity index (χ2v) is 15.5. The molecule has 7 nitrogen and oxygen atoms in total. The number of hydrogen-bond donors (Lipinski definition) is 2. The van der Waals surface area contributed by atoms with E-state index in [1.165, 1.54) is 11.1 Å². The summed E-state index contributed by atoms with van der Waals surface area (Å²) in [6, 6.07) is 11.3. The molecule has 0 bridgehead atoms. The van der Waals surface area contributed by atoms with Gasteiger partial charge in [-0.3, -0.25) is 4.79 Å². The number of carbonyl (C=O) groups excluding carboxylic acids is 1. The van der Waals surface area contributed by atoms with Crippen LogP contribution in [0.1, 0.15) is 80.3 Å². The van der Waals surface area contributed by atoms with E-state index in [1.807, 2.05) is 6.07 Å². The highest BCUT2D eigenvalue weighted by atomic mass is 35.5. The first-order valence-corrected chi connectivity index (χ1v) is 17.7. The lowest BCUT2D eigenvalue weighted by Gasteiger charge is -2.52. The van der Waals surface area contributed by atoms with Crippen LogP contribution in [0.2, 0.25) is 5.02 Å². The quantitative estimate of drug-likeness (QED) is 0.269. The van der Waals surface area contributed by atoms with Gasteiger partial charge in [-0.25, -0.2) is 13.1 Å². The number of nitrogens with zero attached hydrogens (tertiary/aromatic N) is 1. The monoisotopic (exact) mass is 640 g/mol. The fraction of sp³-hybridized carbons (Fsp3) is 0.514. The number of aryl methyl sites for hydroxylation is 1. The summed E-state index contributed by atoms with van der Waals surface area (Å²) in [5, 5.41) is 10.9. The highest BCUT2D eigenvalue weighted by molar-refractivity contribution is 7.90. The number of fused-ring (bicyclic) bond motifs is 3. The van der Waals surface area contributed by atoms with Gasteiger partial charge in [0.2, 0.25) is 10.0 Å². The van der Waals surface area contributed by atoms with Crippen molar-refractivity contribution in [2.45, 2.75) is 82.0 Å². The van der Waals surface area contributed by atoms with Crippen LogP contribution in [0.4, 0.5) is 5.69 Å². The fourth-order valence-corrected chi connectivity index (χ4v) is 9.06. The van der Waals surface area contributed by atoms with Gasteiger partial charge in [-0.2, -0.15) is 0 Å². The van der Waals surface area contributed by atoms with Crippen molar-refractivity contribution in [2.75, 3.05) is 24.6 Å². The Morgan fingerprint density at radius 2 is 2.05 bits per heavy atom. The number of aliphatic hydroxyl groups excluding tert-OH is 1. The number of carbonyl (C=O) groups is 1. The molecule has 3 aliphatic rings. The molecule has 1 saturated carbocycles. The Morgan fingerprint density at radius 1 is 1.25 bits per heavy atom. The number of anilines is 1. The number of halogens is 1. The number of hydrogen-bond acceptors (Lipinski definition) is 6. The molecule has 2 aromatic carbocycles. The summed E-state index contributed by atoms with van der Waals surface area (Å²) in [5.74, 6) is 0.196. The van der Waals surface area contributed by atoms with Crippen LogP contribution >= 0.6 is 11.6 Å². The molecule has 0 saturated heterocycles. The summed E-state index contributed by atoms with van der Waals surface area (Å²) in [7, 11) is -3.88. The zero-order chi connectivity index (χ0) is 31.7. The normalized spacial score (nSPS) is 25.8. The number of allylic oxidation sites excluding steroid dienone is 1. The maximum absolute atomic E-state index is 13.4. The van der Waals surface area contributed by atoms with Crippen molar-refractivity contribution in [2.24, 2.45) is 11.3 Å². The third-order valence-corrected chi connectivity index (χ3v) is 12.6. The molecule has 1 aliphatic heterocycles. The lowest BCUT2D eigenvalue weighted by atomic mass is 9.58. The largest absolute Gasteiger partial charge is 0.490 e. The fourth-order valence-electron chi connectivity index (χ4n) is 7.44. The highest BCUT2D eigenvalue weighted by Gasteiger charge is 2.49. The number of ether oxygens (including phenoxy) is 1. The molecule has 9 heteroatoms.